The zero-order valence-electron chi connectivity index (χ0n) is 9.55. The second-order valence-electron chi connectivity index (χ2n) is 4.40. The maximum absolute atomic E-state index is 10.7. The Bertz CT molecular complexity index is 154. The molecule has 2 nitrogen and oxygen atoms in total. The van der Waals surface area contributed by atoms with Crippen LogP contribution in [0.2, 0.25) is 0 Å². The van der Waals surface area contributed by atoms with Gasteiger partial charge in [0.2, 0.25) is 5.91 Å². The molecule has 0 aliphatic heterocycles. The maximum atomic E-state index is 10.7. The summed E-state index contributed by atoms with van der Waals surface area (Å²) in [7, 11) is 0. The summed E-state index contributed by atoms with van der Waals surface area (Å²) in [5.74, 6) is 1.56. The van der Waals surface area contributed by atoms with Gasteiger partial charge in [0.25, 0.3) is 0 Å². The molecule has 0 spiro atoms. The number of carbonyl (C=O) groups is 1. The molecule has 2 atom stereocenters. The Morgan fingerprint density at radius 1 is 1.15 bits per heavy atom. The average molecular weight is 185 g/mol. The van der Waals surface area contributed by atoms with Crippen LogP contribution in [-0.2, 0) is 4.79 Å². The molecular formula is C11H23NO. The molecule has 1 N–H and O–H groups in total. The molecule has 0 bridgehead atoms. The van der Waals surface area contributed by atoms with E-state index in [1.807, 2.05) is 0 Å². The van der Waals surface area contributed by atoms with Gasteiger partial charge < -0.3 is 5.32 Å². The number of nitrogens with one attached hydrogen (secondary N) is 1. The van der Waals surface area contributed by atoms with E-state index < -0.39 is 0 Å². The molecule has 13 heavy (non-hydrogen) atoms. The topological polar surface area (TPSA) is 29.1 Å². The molecule has 0 saturated carbocycles. The molecule has 2 unspecified atom stereocenters. The minimum absolute atomic E-state index is 0.0738. The van der Waals surface area contributed by atoms with Gasteiger partial charge in [0.15, 0.2) is 0 Å². The molecule has 0 aromatic carbocycles. The van der Waals surface area contributed by atoms with Gasteiger partial charge in [-0.25, -0.2) is 0 Å². The molecule has 0 rings (SSSR count). The van der Waals surface area contributed by atoms with E-state index in [2.05, 4.69) is 33.0 Å². The lowest BCUT2D eigenvalue weighted by molar-refractivity contribution is -0.119. The van der Waals surface area contributed by atoms with Gasteiger partial charge in [-0.15, -0.1) is 0 Å². The summed E-state index contributed by atoms with van der Waals surface area (Å²) in [6, 6.07) is 0.318. The monoisotopic (exact) mass is 185 g/mol. The summed E-state index contributed by atoms with van der Waals surface area (Å²) in [4.78, 5) is 10.7. The van der Waals surface area contributed by atoms with Crippen molar-refractivity contribution in [2.45, 2.75) is 53.5 Å². The largest absolute Gasteiger partial charge is 0.354 e. The lowest BCUT2D eigenvalue weighted by Crippen LogP contribution is -2.30. The highest BCUT2D eigenvalue weighted by Crippen LogP contribution is 2.16. The van der Waals surface area contributed by atoms with Crippen LogP contribution >= 0.6 is 0 Å². The Morgan fingerprint density at radius 2 is 1.69 bits per heavy atom. The highest BCUT2D eigenvalue weighted by atomic mass is 16.1. The Balaban J connectivity index is 3.57. The standard InChI is InChI=1S/C11H23NO/c1-8(2)9(3)6-7-10(4)12-11(5)13/h8-10H,6-7H2,1-5H3,(H,12,13). The van der Waals surface area contributed by atoms with Crippen LogP contribution in [0.1, 0.15) is 47.5 Å². The van der Waals surface area contributed by atoms with E-state index >= 15 is 0 Å². The van der Waals surface area contributed by atoms with Crippen molar-refractivity contribution in [2.24, 2.45) is 11.8 Å². The molecule has 0 aromatic rings. The number of amides is 1. The third kappa shape index (κ3) is 6.62. The van der Waals surface area contributed by atoms with Crippen LogP contribution < -0.4 is 5.32 Å². The first-order valence-electron chi connectivity index (χ1n) is 5.20. The van der Waals surface area contributed by atoms with Crippen molar-refractivity contribution in [3.8, 4) is 0 Å². The molecule has 0 aromatic heterocycles. The summed E-state index contributed by atoms with van der Waals surface area (Å²) in [6.45, 7) is 10.4. The van der Waals surface area contributed by atoms with Crippen molar-refractivity contribution in [2.75, 3.05) is 0 Å². The quantitative estimate of drug-likeness (QED) is 0.701. The molecule has 1 amide bonds. The Kier molecular flexibility index (Phi) is 5.76. The summed E-state index contributed by atoms with van der Waals surface area (Å²) < 4.78 is 0. The predicted molar refractivity (Wildman–Crippen MR) is 56.5 cm³/mol. The normalized spacial score (nSPS) is 15.5. The van der Waals surface area contributed by atoms with Crippen molar-refractivity contribution in [1.82, 2.24) is 5.32 Å². The second-order valence-corrected chi connectivity index (χ2v) is 4.40. The van der Waals surface area contributed by atoms with Gasteiger partial charge in [-0.3, -0.25) is 4.79 Å². The number of rotatable bonds is 5. The minimum Gasteiger partial charge on any atom is -0.354 e. The fourth-order valence-electron chi connectivity index (χ4n) is 1.27. The lowest BCUT2D eigenvalue weighted by Gasteiger charge is -2.18. The fraction of sp³-hybridized carbons (Fsp3) is 0.909. The van der Waals surface area contributed by atoms with Gasteiger partial charge in [0, 0.05) is 13.0 Å². The molecule has 0 aliphatic rings. The van der Waals surface area contributed by atoms with Crippen LogP contribution in [0.15, 0.2) is 0 Å². The van der Waals surface area contributed by atoms with Crippen LogP contribution in [0.5, 0.6) is 0 Å². The molecule has 0 radical (unpaired) electrons. The van der Waals surface area contributed by atoms with Crippen molar-refractivity contribution < 1.29 is 4.79 Å². The molecule has 2 heteroatoms. The van der Waals surface area contributed by atoms with Crippen molar-refractivity contribution in [3.63, 3.8) is 0 Å². The zero-order valence-corrected chi connectivity index (χ0v) is 9.55. The number of carbonyl (C=O) groups excluding carboxylic acids is 1. The Morgan fingerprint density at radius 3 is 2.08 bits per heavy atom. The zero-order chi connectivity index (χ0) is 10.4. The summed E-state index contributed by atoms with van der Waals surface area (Å²) in [5, 5.41) is 2.90. The second kappa shape index (κ2) is 6.01. The summed E-state index contributed by atoms with van der Waals surface area (Å²) in [5.41, 5.74) is 0. The van der Waals surface area contributed by atoms with Crippen LogP contribution in [0.3, 0.4) is 0 Å². The van der Waals surface area contributed by atoms with Gasteiger partial charge in [0.1, 0.15) is 0 Å². The lowest BCUT2D eigenvalue weighted by atomic mass is 9.92. The van der Waals surface area contributed by atoms with E-state index in [4.69, 9.17) is 0 Å². The Hall–Kier alpha value is -0.530. The van der Waals surface area contributed by atoms with Gasteiger partial charge in [-0.1, -0.05) is 20.8 Å². The Labute approximate surface area is 82.1 Å². The van der Waals surface area contributed by atoms with Crippen molar-refractivity contribution in [1.29, 1.82) is 0 Å². The number of hydrogen-bond donors (Lipinski definition) is 1. The van der Waals surface area contributed by atoms with Gasteiger partial charge in [0.05, 0.1) is 0 Å². The smallest absolute Gasteiger partial charge is 0.217 e. The maximum Gasteiger partial charge on any atom is 0.217 e. The van der Waals surface area contributed by atoms with Gasteiger partial charge in [-0.2, -0.15) is 0 Å². The first-order chi connectivity index (χ1) is 5.93. The van der Waals surface area contributed by atoms with Crippen LogP contribution in [0.25, 0.3) is 0 Å². The summed E-state index contributed by atoms with van der Waals surface area (Å²) in [6.07, 6.45) is 2.28. The molecule has 78 valence electrons. The molecule has 0 fully saturated rings. The van der Waals surface area contributed by atoms with Crippen molar-refractivity contribution >= 4 is 5.91 Å². The van der Waals surface area contributed by atoms with E-state index in [0.717, 1.165) is 18.3 Å². The third-order valence-corrected chi connectivity index (χ3v) is 2.64. The molecule has 0 heterocycles. The van der Waals surface area contributed by atoms with Gasteiger partial charge in [-0.05, 0) is 31.6 Å². The van der Waals surface area contributed by atoms with E-state index in [1.165, 1.54) is 6.42 Å². The third-order valence-electron chi connectivity index (χ3n) is 2.64. The van der Waals surface area contributed by atoms with Crippen molar-refractivity contribution in [3.05, 3.63) is 0 Å². The SMILES string of the molecule is CC(=O)NC(C)CCC(C)C(C)C. The number of hydrogen-bond acceptors (Lipinski definition) is 1. The average Bonchev–Trinajstić information content (AvgIpc) is 1.98. The van der Waals surface area contributed by atoms with E-state index in [-0.39, 0.29) is 5.91 Å². The van der Waals surface area contributed by atoms with Crippen LogP contribution in [-0.4, -0.2) is 11.9 Å². The molecule has 0 aliphatic carbocycles. The molecular weight excluding hydrogens is 162 g/mol. The van der Waals surface area contributed by atoms with Crippen LogP contribution in [0.4, 0.5) is 0 Å². The predicted octanol–water partition coefficient (Wildman–Crippen LogP) is 2.58. The van der Waals surface area contributed by atoms with Gasteiger partial charge >= 0.3 is 0 Å². The minimum atomic E-state index is 0.0738. The summed E-state index contributed by atoms with van der Waals surface area (Å²) >= 11 is 0. The van der Waals surface area contributed by atoms with E-state index in [0.29, 0.717) is 6.04 Å². The van der Waals surface area contributed by atoms with Crippen LogP contribution in [0, 0.1) is 11.8 Å². The first kappa shape index (κ1) is 12.5. The highest BCUT2D eigenvalue weighted by molar-refractivity contribution is 5.73. The van der Waals surface area contributed by atoms with E-state index in [1.54, 1.807) is 6.92 Å². The first-order valence-corrected chi connectivity index (χ1v) is 5.20. The molecule has 0 saturated heterocycles. The highest BCUT2D eigenvalue weighted by Gasteiger charge is 2.09. The van der Waals surface area contributed by atoms with E-state index in [9.17, 15) is 4.79 Å². The fourth-order valence-corrected chi connectivity index (χ4v) is 1.27.